The quantitative estimate of drug-likeness (QED) is 0.483. The minimum Gasteiger partial charge on any atom is -0.454 e. The summed E-state index contributed by atoms with van der Waals surface area (Å²) in [5.41, 5.74) is 3.48. The SMILES string of the molecule is CCC(C(=O)Nc1ccc2c(c1)C(N1CCN(C(C)C)CC1)=Nc1ccccc1O2)c1ccccc1. The molecule has 1 amide bonds. The minimum atomic E-state index is -0.206. The van der Waals surface area contributed by atoms with Gasteiger partial charge in [0.15, 0.2) is 5.75 Å². The van der Waals surface area contributed by atoms with Crippen LogP contribution in [-0.2, 0) is 4.79 Å². The molecule has 1 saturated heterocycles. The minimum absolute atomic E-state index is 0.00878. The molecule has 0 saturated carbocycles. The maximum Gasteiger partial charge on any atom is 0.231 e. The standard InChI is InChI=1S/C30H34N4O2/c1-4-24(22-10-6-5-7-11-22)30(35)31-23-14-15-27-25(20-23)29(32-26-12-8-9-13-28(26)36-27)34-18-16-33(17-19-34)21(2)3/h5-15,20-21,24H,4,16-19H2,1-3H3,(H,31,35). The van der Waals surface area contributed by atoms with Crippen molar-refractivity contribution in [3.8, 4) is 11.5 Å². The van der Waals surface area contributed by atoms with Crippen LogP contribution in [0.25, 0.3) is 0 Å². The molecule has 0 radical (unpaired) electrons. The van der Waals surface area contributed by atoms with Crippen LogP contribution in [0.3, 0.4) is 0 Å². The Morgan fingerprint density at radius 1 is 0.944 bits per heavy atom. The second-order valence-electron chi connectivity index (χ2n) is 9.69. The van der Waals surface area contributed by atoms with E-state index in [1.165, 1.54) is 0 Å². The summed E-state index contributed by atoms with van der Waals surface area (Å²) >= 11 is 0. The predicted octanol–water partition coefficient (Wildman–Crippen LogP) is 6.03. The summed E-state index contributed by atoms with van der Waals surface area (Å²) in [5.74, 6) is 2.16. The Morgan fingerprint density at radius 3 is 2.39 bits per heavy atom. The monoisotopic (exact) mass is 482 g/mol. The molecule has 6 heteroatoms. The van der Waals surface area contributed by atoms with Crippen molar-refractivity contribution in [2.45, 2.75) is 39.2 Å². The third-order valence-electron chi connectivity index (χ3n) is 7.07. The first kappa shape index (κ1) is 24.1. The van der Waals surface area contributed by atoms with Gasteiger partial charge in [0, 0.05) is 37.9 Å². The zero-order valence-electron chi connectivity index (χ0n) is 21.3. The van der Waals surface area contributed by atoms with E-state index < -0.39 is 0 Å². The third-order valence-corrected chi connectivity index (χ3v) is 7.07. The van der Waals surface area contributed by atoms with Gasteiger partial charge in [-0.25, -0.2) is 4.99 Å². The predicted molar refractivity (Wildman–Crippen MR) is 146 cm³/mol. The second-order valence-corrected chi connectivity index (χ2v) is 9.69. The molecule has 2 aliphatic heterocycles. The molecule has 3 aromatic carbocycles. The van der Waals surface area contributed by atoms with E-state index in [0.29, 0.717) is 6.04 Å². The summed E-state index contributed by atoms with van der Waals surface area (Å²) in [6.07, 6.45) is 0.728. The van der Waals surface area contributed by atoms with Crippen molar-refractivity contribution < 1.29 is 9.53 Å². The molecule has 0 aliphatic carbocycles. The summed E-state index contributed by atoms with van der Waals surface area (Å²) in [4.78, 5) is 23.2. The number of anilines is 1. The molecule has 186 valence electrons. The fourth-order valence-corrected chi connectivity index (χ4v) is 4.98. The highest BCUT2D eigenvalue weighted by molar-refractivity contribution is 6.05. The van der Waals surface area contributed by atoms with Gasteiger partial charge in [0.05, 0.1) is 11.5 Å². The molecular formula is C30H34N4O2. The Hall–Kier alpha value is -3.64. The highest BCUT2D eigenvalue weighted by Gasteiger charge is 2.27. The molecule has 1 unspecified atom stereocenters. The van der Waals surface area contributed by atoms with Crippen molar-refractivity contribution in [1.29, 1.82) is 0 Å². The van der Waals surface area contributed by atoms with Crippen LogP contribution in [0.2, 0.25) is 0 Å². The van der Waals surface area contributed by atoms with Gasteiger partial charge in [-0.3, -0.25) is 9.69 Å². The third kappa shape index (κ3) is 5.00. The number of aliphatic imine (C=N–C) groups is 1. The number of nitrogens with one attached hydrogen (secondary N) is 1. The van der Waals surface area contributed by atoms with Gasteiger partial charge in [0.1, 0.15) is 17.3 Å². The largest absolute Gasteiger partial charge is 0.454 e. The van der Waals surface area contributed by atoms with Gasteiger partial charge in [-0.05, 0) is 56.2 Å². The number of benzene rings is 3. The lowest BCUT2D eigenvalue weighted by molar-refractivity contribution is -0.117. The van der Waals surface area contributed by atoms with E-state index in [2.05, 4.69) is 29.0 Å². The number of hydrogen-bond acceptors (Lipinski definition) is 5. The molecule has 0 aromatic heterocycles. The number of amides is 1. The normalized spacial score (nSPS) is 16.3. The van der Waals surface area contributed by atoms with Crippen LogP contribution in [-0.4, -0.2) is 53.8 Å². The summed E-state index contributed by atoms with van der Waals surface area (Å²) in [6.45, 7) is 10.3. The average Bonchev–Trinajstić information content (AvgIpc) is 3.06. The zero-order chi connectivity index (χ0) is 25.1. The van der Waals surface area contributed by atoms with Crippen LogP contribution >= 0.6 is 0 Å². The number of rotatable bonds is 5. The fraction of sp³-hybridized carbons (Fsp3) is 0.333. The van der Waals surface area contributed by atoms with E-state index in [4.69, 9.17) is 9.73 Å². The Labute approximate surface area is 213 Å². The van der Waals surface area contributed by atoms with Crippen LogP contribution in [0.5, 0.6) is 11.5 Å². The average molecular weight is 483 g/mol. The van der Waals surface area contributed by atoms with E-state index in [1.54, 1.807) is 0 Å². The van der Waals surface area contributed by atoms with Crippen molar-refractivity contribution in [2.75, 3.05) is 31.5 Å². The Balaban J connectivity index is 1.46. The fourth-order valence-electron chi connectivity index (χ4n) is 4.98. The lowest BCUT2D eigenvalue weighted by Crippen LogP contribution is -2.50. The van der Waals surface area contributed by atoms with Crippen LogP contribution < -0.4 is 10.1 Å². The first-order chi connectivity index (χ1) is 17.5. The van der Waals surface area contributed by atoms with E-state index in [9.17, 15) is 4.79 Å². The lowest BCUT2D eigenvalue weighted by Gasteiger charge is -2.38. The van der Waals surface area contributed by atoms with Gasteiger partial charge < -0.3 is 15.0 Å². The first-order valence-corrected chi connectivity index (χ1v) is 12.9. The molecule has 0 bridgehead atoms. The molecule has 1 N–H and O–H groups in total. The molecule has 1 fully saturated rings. The van der Waals surface area contributed by atoms with Gasteiger partial charge in [0.2, 0.25) is 5.91 Å². The van der Waals surface area contributed by atoms with Gasteiger partial charge in [-0.15, -0.1) is 0 Å². The van der Waals surface area contributed by atoms with E-state index in [0.717, 1.165) is 72.4 Å². The maximum atomic E-state index is 13.3. The van der Waals surface area contributed by atoms with Crippen LogP contribution in [0.15, 0.2) is 77.8 Å². The van der Waals surface area contributed by atoms with Crippen molar-refractivity contribution >= 4 is 23.1 Å². The molecule has 36 heavy (non-hydrogen) atoms. The van der Waals surface area contributed by atoms with Crippen molar-refractivity contribution in [1.82, 2.24) is 9.80 Å². The van der Waals surface area contributed by atoms with Gasteiger partial charge in [-0.1, -0.05) is 49.4 Å². The van der Waals surface area contributed by atoms with Crippen LogP contribution in [0.4, 0.5) is 11.4 Å². The van der Waals surface area contributed by atoms with Crippen LogP contribution in [0.1, 0.15) is 44.2 Å². The number of ether oxygens (including phenoxy) is 1. The van der Waals surface area contributed by atoms with E-state index in [1.807, 2.05) is 79.7 Å². The summed E-state index contributed by atoms with van der Waals surface area (Å²) in [7, 11) is 0. The Kier molecular flexibility index (Phi) is 7.05. The number of carbonyl (C=O) groups is 1. The second kappa shape index (κ2) is 10.5. The Morgan fingerprint density at radius 2 is 1.67 bits per heavy atom. The molecular weight excluding hydrogens is 448 g/mol. The maximum absolute atomic E-state index is 13.3. The summed E-state index contributed by atoms with van der Waals surface area (Å²) in [6, 6.07) is 24.2. The number of hydrogen-bond donors (Lipinski definition) is 1. The summed E-state index contributed by atoms with van der Waals surface area (Å²) in [5, 5.41) is 3.15. The highest BCUT2D eigenvalue weighted by atomic mass is 16.5. The molecule has 0 spiro atoms. The first-order valence-electron chi connectivity index (χ1n) is 12.9. The van der Waals surface area contributed by atoms with E-state index >= 15 is 0 Å². The van der Waals surface area contributed by atoms with Crippen molar-refractivity contribution in [2.24, 2.45) is 4.99 Å². The smallest absolute Gasteiger partial charge is 0.231 e. The number of para-hydroxylation sites is 2. The molecule has 1 atom stereocenters. The highest BCUT2D eigenvalue weighted by Crippen LogP contribution is 2.39. The lowest BCUT2D eigenvalue weighted by atomic mass is 9.95. The van der Waals surface area contributed by atoms with Crippen molar-refractivity contribution in [3.05, 3.63) is 83.9 Å². The number of nitrogens with zero attached hydrogens (tertiary/aromatic N) is 3. The zero-order valence-corrected chi connectivity index (χ0v) is 21.3. The number of piperazine rings is 1. The molecule has 3 aromatic rings. The van der Waals surface area contributed by atoms with Gasteiger partial charge >= 0.3 is 0 Å². The van der Waals surface area contributed by atoms with Crippen LogP contribution in [0, 0.1) is 0 Å². The summed E-state index contributed by atoms with van der Waals surface area (Å²) < 4.78 is 6.32. The van der Waals surface area contributed by atoms with Gasteiger partial charge in [0.25, 0.3) is 0 Å². The molecule has 2 heterocycles. The molecule has 5 rings (SSSR count). The Bertz CT molecular complexity index is 1250. The van der Waals surface area contributed by atoms with Gasteiger partial charge in [-0.2, -0.15) is 0 Å². The number of fused-ring (bicyclic) bond motifs is 2. The molecule has 6 nitrogen and oxygen atoms in total. The number of amidine groups is 1. The van der Waals surface area contributed by atoms with Crippen molar-refractivity contribution in [3.63, 3.8) is 0 Å². The number of carbonyl (C=O) groups excluding carboxylic acids is 1. The topological polar surface area (TPSA) is 57.2 Å². The van der Waals surface area contributed by atoms with E-state index in [-0.39, 0.29) is 11.8 Å². The molecule has 2 aliphatic rings.